The number of nitrogens with zero attached hydrogens (tertiary/aromatic N) is 2. The molecule has 0 saturated carbocycles. The molecular formula is C13H20N2O3. The molecule has 18 heavy (non-hydrogen) atoms. The Morgan fingerprint density at radius 3 is 2.56 bits per heavy atom. The summed E-state index contributed by atoms with van der Waals surface area (Å²) in [5.41, 5.74) is 0. The number of ether oxygens (including phenoxy) is 1. The van der Waals surface area contributed by atoms with Crippen molar-refractivity contribution in [2.75, 3.05) is 6.61 Å². The van der Waals surface area contributed by atoms with Gasteiger partial charge >= 0.3 is 6.09 Å². The number of amides is 2. The Morgan fingerprint density at radius 1 is 1.50 bits per heavy atom. The molecule has 1 fully saturated rings. The third-order valence-electron chi connectivity index (χ3n) is 3.31. The second-order valence-electron chi connectivity index (χ2n) is 5.34. The number of imide groups is 1. The van der Waals surface area contributed by atoms with Gasteiger partial charge < -0.3 is 4.74 Å². The summed E-state index contributed by atoms with van der Waals surface area (Å²) in [7, 11) is 0. The first kappa shape index (κ1) is 14.5. The Morgan fingerprint density at radius 2 is 2.11 bits per heavy atom. The third kappa shape index (κ3) is 3.00. The maximum Gasteiger partial charge on any atom is 0.416 e. The van der Waals surface area contributed by atoms with Crippen molar-refractivity contribution in [3.8, 4) is 6.07 Å². The Labute approximate surface area is 108 Å². The quantitative estimate of drug-likeness (QED) is 0.768. The van der Waals surface area contributed by atoms with E-state index in [4.69, 9.17) is 10.00 Å². The minimum absolute atomic E-state index is 0.0759. The van der Waals surface area contributed by atoms with Crippen LogP contribution in [0.4, 0.5) is 4.79 Å². The molecule has 1 heterocycles. The lowest BCUT2D eigenvalue weighted by molar-refractivity contribution is -0.130. The standard InChI is InChI=1S/C13H20N2O3/c1-8(2)10(6-14)5-12(16)15-11(9(3)4)7-18-13(15)17/h8-11H,5,7H2,1-4H3/t10-,11-/m1/s1. The largest absolute Gasteiger partial charge is 0.447 e. The second-order valence-corrected chi connectivity index (χ2v) is 5.34. The molecule has 0 bridgehead atoms. The number of hydrogen-bond acceptors (Lipinski definition) is 4. The van der Waals surface area contributed by atoms with Crippen molar-refractivity contribution in [3.05, 3.63) is 0 Å². The van der Waals surface area contributed by atoms with Crippen LogP contribution in [-0.2, 0) is 9.53 Å². The van der Waals surface area contributed by atoms with Gasteiger partial charge in [-0.15, -0.1) is 0 Å². The summed E-state index contributed by atoms with van der Waals surface area (Å²) in [5, 5.41) is 8.99. The lowest BCUT2D eigenvalue weighted by Gasteiger charge is -2.24. The first-order chi connectivity index (χ1) is 8.38. The van der Waals surface area contributed by atoms with Crippen molar-refractivity contribution in [2.45, 2.75) is 40.2 Å². The molecule has 100 valence electrons. The maximum atomic E-state index is 12.1. The lowest BCUT2D eigenvalue weighted by atomic mass is 9.93. The van der Waals surface area contributed by atoms with Gasteiger partial charge in [-0.3, -0.25) is 4.79 Å². The van der Waals surface area contributed by atoms with Gasteiger partial charge in [0.1, 0.15) is 6.61 Å². The molecule has 1 rings (SSSR count). The molecule has 0 N–H and O–H groups in total. The second kappa shape index (κ2) is 5.85. The van der Waals surface area contributed by atoms with Gasteiger partial charge in [0.15, 0.2) is 0 Å². The summed E-state index contributed by atoms with van der Waals surface area (Å²) in [4.78, 5) is 24.9. The van der Waals surface area contributed by atoms with Gasteiger partial charge in [-0.25, -0.2) is 9.69 Å². The molecule has 2 atom stereocenters. The number of rotatable bonds is 4. The van der Waals surface area contributed by atoms with Gasteiger partial charge in [-0.1, -0.05) is 27.7 Å². The van der Waals surface area contributed by atoms with Crippen LogP contribution in [0.3, 0.4) is 0 Å². The van der Waals surface area contributed by atoms with Crippen LogP contribution in [0.15, 0.2) is 0 Å². The molecule has 2 amide bonds. The van der Waals surface area contributed by atoms with Crippen LogP contribution in [0.2, 0.25) is 0 Å². The fourth-order valence-electron chi connectivity index (χ4n) is 1.93. The van der Waals surface area contributed by atoms with E-state index in [1.165, 1.54) is 4.90 Å². The van der Waals surface area contributed by atoms with Crippen molar-refractivity contribution < 1.29 is 14.3 Å². The predicted molar refractivity (Wildman–Crippen MR) is 65.4 cm³/mol. The summed E-state index contributed by atoms with van der Waals surface area (Å²) in [6.07, 6.45) is -0.508. The normalized spacial score (nSPS) is 21.1. The van der Waals surface area contributed by atoms with E-state index in [0.717, 1.165) is 0 Å². The highest BCUT2D eigenvalue weighted by Gasteiger charge is 2.40. The average Bonchev–Trinajstić information content (AvgIpc) is 2.67. The fraction of sp³-hybridized carbons (Fsp3) is 0.769. The van der Waals surface area contributed by atoms with E-state index in [9.17, 15) is 9.59 Å². The molecule has 0 radical (unpaired) electrons. The van der Waals surface area contributed by atoms with E-state index < -0.39 is 6.09 Å². The Kier molecular flexibility index (Phi) is 4.71. The highest BCUT2D eigenvalue weighted by atomic mass is 16.6. The zero-order valence-electron chi connectivity index (χ0n) is 11.3. The van der Waals surface area contributed by atoms with Crippen LogP contribution in [0.25, 0.3) is 0 Å². The molecule has 1 aliphatic heterocycles. The Balaban J connectivity index is 2.76. The van der Waals surface area contributed by atoms with Gasteiger partial charge in [0, 0.05) is 6.42 Å². The molecule has 0 aliphatic carbocycles. The van der Waals surface area contributed by atoms with E-state index in [1.54, 1.807) is 0 Å². The van der Waals surface area contributed by atoms with Gasteiger partial charge in [0.2, 0.25) is 5.91 Å². The van der Waals surface area contributed by atoms with E-state index in [-0.39, 0.29) is 42.7 Å². The van der Waals surface area contributed by atoms with E-state index in [2.05, 4.69) is 6.07 Å². The summed E-state index contributed by atoms with van der Waals surface area (Å²) in [5.74, 6) is -0.426. The number of nitriles is 1. The smallest absolute Gasteiger partial charge is 0.416 e. The van der Waals surface area contributed by atoms with Gasteiger partial charge in [-0.05, 0) is 11.8 Å². The van der Waals surface area contributed by atoms with Crippen LogP contribution in [0.5, 0.6) is 0 Å². The first-order valence-electron chi connectivity index (χ1n) is 6.26. The minimum Gasteiger partial charge on any atom is -0.447 e. The molecular weight excluding hydrogens is 232 g/mol. The molecule has 1 saturated heterocycles. The van der Waals surface area contributed by atoms with Crippen LogP contribution >= 0.6 is 0 Å². The fourth-order valence-corrected chi connectivity index (χ4v) is 1.93. The average molecular weight is 252 g/mol. The van der Waals surface area contributed by atoms with Crippen LogP contribution < -0.4 is 0 Å². The van der Waals surface area contributed by atoms with Gasteiger partial charge in [0.25, 0.3) is 0 Å². The van der Waals surface area contributed by atoms with Crippen molar-refractivity contribution in [1.82, 2.24) is 4.90 Å². The zero-order chi connectivity index (χ0) is 13.9. The summed E-state index contributed by atoms with van der Waals surface area (Å²) in [6, 6.07) is 1.90. The minimum atomic E-state index is -0.584. The number of hydrogen-bond donors (Lipinski definition) is 0. The van der Waals surface area contributed by atoms with Crippen molar-refractivity contribution in [1.29, 1.82) is 5.26 Å². The van der Waals surface area contributed by atoms with Crippen LogP contribution in [0.1, 0.15) is 34.1 Å². The maximum absolute atomic E-state index is 12.1. The van der Waals surface area contributed by atoms with E-state index in [1.807, 2.05) is 27.7 Å². The predicted octanol–water partition coefficient (Wildman–Crippen LogP) is 2.18. The van der Waals surface area contributed by atoms with Crippen molar-refractivity contribution >= 4 is 12.0 Å². The van der Waals surface area contributed by atoms with Crippen molar-refractivity contribution in [3.63, 3.8) is 0 Å². The monoisotopic (exact) mass is 252 g/mol. The highest BCUT2D eigenvalue weighted by Crippen LogP contribution is 2.23. The van der Waals surface area contributed by atoms with Gasteiger partial charge in [-0.2, -0.15) is 5.26 Å². The summed E-state index contributed by atoms with van der Waals surface area (Å²) < 4.78 is 4.92. The molecule has 0 unspecified atom stereocenters. The number of carbonyl (C=O) groups excluding carboxylic acids is 2. The number of carbonyl (C=O) groups is 2. The Bertz CT molecular complexity index is 371. The molecule has 0 aromatic rings. The zero-order valence-corrected chi connectivity index (χ0v) is 11.3. The highest BCUT2D eigenvalue weighted by molar-refractivity contribution is 5.93. The molecule has 0 aromatic carbocycles. The molecule has 5 nitrogen and oxygen atoms in total. The Hall–Kier alpha value is -1.57. The lowest BCUT2D eigenvalue weighted by Crippen LogP contribution is -2.42. The van der Waals surface area contributed by atoms with Crippen molar-refractivity contribution in [2.24, 2.45) is 17.8 Å². The summed E-state index contributed by atoms with van der Waals surface area (Å²) >= 11 is 0. The van der Waals surface area contributed by atoms with Crippen LogP contribution in [0, 0.1) is 29.1 Å². The molecule has 1 aliphatic rings. The number of cyclic esters (lactones) is 1. The van der Waals surface area contributed by atoms with E-state index >= 15 is 0 Å². The first-order valence-corrected chi connectivity index (χ1v) is 6.26. The molecule has 0 spiro atoms. The SMILES string of the molecule is CC(C)[C@H]1COC(=O)N1C(=O)C[C@H](C#N)C(C)C. The third-order valence-corrected chi connectivity index (χ3v) is 3.31. The van der Waals surface area contributed by atoms with E-state index in [0.29, 0.717) is 0 Å². The van der Waals surface area contributed by atoms with Gasteiger partial charge in [0.05, 0.1) is 18.0 Å². The van der Waals surface area contributed by atoms with Crippen LogP contribution in [-0.4, -0.2) is 29.5 Å². The summed E-state index contributed by atoms with van der Waals surface area (Å²) in [6.45, 7) is 7.92. The molecule has 5 heteroatoms. The molecule has 0 aromatic heterocycles. The topological polar surface area (TPSA) is 70.4 Å².